The quantitative estimate of drug-likeness (QED) is 0.408. The SMILES string of the molecule is CCNC(=O)[C@@H](C)N(Cc1ccccc1)C(=O)CN(c1ccccc1CC)S(=O)(=O)c1ccc(C)cc1. The Morgan fingerprint density at radius 2 is 1.51 bits per heavy atom. The van der Waals surface area contributed by atoms with Gasteiger partial charge < -0.3 is 10.2 Å². The number of nitrogens with one attached hydrogen (secondary N) is 1. The second-order valence-electron chi connectivity index (χ2n) is 8.88. The normalized spacial score (nSPS) is 12.0. The molecule has 3 rings (SSSR count). The summed E-state index contributed by atoms with van der Waals surface area (Å²) in [5, 5.41) is 2.77. The van der Waals surface area contributed by atoms with Crippen LogP contribution in [-0.4, -0.2) is 44.3 Å². The van der Waals surface area contributed by atoms with Crippen molar-refractivity contribution in [1.29, 1.82) is 0 Å². The molecule has 0 saturated heterocycles. The van der Waals surface area contributed by atoms with Crippen LogP contribution in [-0.2, 0) is 32.6 Å². The van der Waals surface area contributed by atoms with Crippen LogP contribution in [0.1, 0.15) is 37.5 Å². The number of carbonyl (C=O) groups is 2. The highest BCUT2D eigenvalue weighted by Gasteiger charge is 2.33. The first-order valence-corrected chi connectivity index (χ1v) is 13.9. The first kappa shape index (κ1) is 27.9. The van der Waals surface area contributed by atoms with Gasteiger partial charge in [-0.2, -0.15) is 0 Å². The fourth-order valence-electron chi connectivity index (χ4n) is 4.09. The van der Waals surface area contributed by atoms with Gasteiger partial charge in [0.25, 0.3) is 10.0 Å². The van der Waals surface area contributed by atoms with Crippen LogP contribution in [0.25, 0.3) is 0 Å². The minimum atomic E-state index is -4.08. The summed E-state index contributed by atoms with van der Waals surface area (Å²) < 4.78 is 29.0. The highest BCUT2D eigenvalue weighted by atomic mass is 32.2. The van der Waals surface area contributed by atoms with E-state index in [0.717, 1.165) is 16.7 Å². The van der Waals surface area contributed by atoms with Crippen LogP contribution in [0.2, 0.25) is 0 Å². The molecule has 0 aliphatic rings. The van der Waals surface area contributed by atoms with E-state index in [-0.39, 0.29) is 17.3 Å². The standard InChI is InChI=1S/C29H35N3O4S/c1-5-25-14-10-11-15-27(25)32(37(35,36)26-18-16-22(3)17-19-26)21-28(33)31(23(4)29(34)30-6-2)20-24-12-8-7-9-13-24/h7-19,23H,5-6,20-21H2,1-4H3,(H,30,34)/t23-/m1/s1. The van der Waals surface area contributed by atoms with Gasteiger partial charge in [-0.15, -0.1) is 0 Å². The molecule has 37 heavy (non-hydrogen) atoms. The Bertz CT molecular complexity index is 1310. The van der Waals surface area contributed by atoms with Crippen molar-refractivity contribution in [2.75, 3.05) is 17.4 Å². The third kappa shape index (κ3) is 6.77. The molecule has 3 aromatic carbocycles. The van der Waals surface area contributed by atoms with Crippen LogP contribution in [0.4, 0.5) is 5.69 Å². The molecule has 0 heterocycles. The van der Waals surface area contributed by atoms with Crippen LogP contribution in [0.5, 0.6) is 0 Å². The van der Waals surface area contributed by atoms with Crippen molar-refractivity contribution in [2.24, 2.45) is 0 Å². The molecule has 0 unspecified atom stereocenters. The summed E-state index contributed by atoms with van der Waals surface area (Å²) in [6.07, 6.45) is 0.591. The highest BCUT2D eigenvalue weighted by molar-refractivity contribution is 7.92. The molecule has 1 N–H and O–H groups in total. The fourth-order valence-corrected chi connectivity index (χ4v) is 5.54. The highest BCUT2D eigenvalue weighted by Crippen LogP contribution is 2.28. The minimum absolute atomic E-state index is 0.100. The van der Waals surface area contributed by atoms with Crippen molar-refractivity contribution in [3.8, 4) is 0 Å². The Morgan fingerprint density at radius 1 is 0.892 bits per heavy atom. The number of hydrogen-bond donors (Lipinski definition) is 1. The summed E-state index contributed by atoms with van der Waals surface area (Å²) >= 11 is 0. The van der Waals surface area contributed by atoms with Crippen LogP contribution < -0.4 is 9.62 Å². The average molecular weight is 522 g/mol. The van der Waals surface area contributed by atoms with Crippen LogP contribution in [0.3, 0.4) is 0 Å². The summed E-state index contributed by atoms with van der Waals surface area (Å²) in [5.41, 5.74) is 3.02. The second-order valence-corrected chi connectivity index (χ2v) is 10.7. The molecule has 0 fully saturated rings. The first-order valence-electron chi connectivity index (χ1n) is 12.5. The molecule has 3 aromatic rings. The zero-order chi connectivity index (χ0) is 27.0. The summed E-state index contributed by atoms with van der Waals surface area (Å²) in [6, 6.07) is 22.3. The maximum Gasteiger partial charge on any atom is 0.264 e. The number of sulfonamides is 1. The number of anilines is 1. The summed E-state index contributed by atoms with van der Waals surface area (Å²) in [7, 11) is -4.08. The maximum absolute atomic E-state index is 13.9. The van der Waals surface area contributed by atoms with Crippen molar-refractivity contribution in [3.63, 3.8) is 0 Å². The maximum atomic E-state index is 13.9. The minimum Gasteiger partial charge on any atom is -0.355 e. The zero-order valence-electron chi connectivity index (χ0n) is 21.8. The van der Waals surface area contributed by atoms with Gasteiger partial charge in [0.15, 0.2) is 0 Å². The van der Waals surface area contributed by atoms with Crippen molar-refractivity contribution in [1.82, 2.24) is 10.2 Å². The van der Waals surface area contributed by atoms with Gasteiger partial charge >= 0.3 is 0 Å². The largest absolute Gasteiger partial charge is 0.355 e. The van der Waals surface area contributed by atoms with Crippen LogP contribution >= 0.6 is 0 Å². The third-order valence-corrected chi connectivity index (χ3v) is 8.02. The van der Waals surface area contributed by atoms with Crippen molar-refractivity contribution < 1.29 is 18.0 Å². The first-order chi connectivity index (χ1) is 17.7. The Morgan fingerprint density at radius 3 is 2.14 bits per heavy atom. The topological polar surface area (TPSA) is 86.8 Å². The fraction of sp³-hybridized carbons (Fsp3) is 0.310. The third-order valence-electron chi connectivity index (χ3n) is 6.24. The van der Waals surface area contributed by atoms with Gasteiger partial charge in [-0.1, -0.05) is 73.2 Å². The predicted octanol–water partition coefficient (Wildman–Crippen LogP) is 4.31. The monoisotopic (exact) mass is 521 g/mol. The molecule has 0 spiro atoms. The lowest BCUT2D eigenvalue weighted by Crippen LogP contribution is -2.51. The van der Waals surface area contributed by atoms with Gasteiger partial charge in [0, 0.05) is 13.1 Å². The summed E-state index contributed by atoms with van der Waals surface area (Å²) in [5.74, 6) is -0.766. The van der Waals surface area contributed by atoms with Crippen LogP contribution in [0, 0.1) is 6.92 Å². The molecule has 0 aliphatic heterocycles. The second kappa shape index (κ2) is 12.5. The van der Waals surface area contributed by atoms with Gasteiger partial charge in [0.05, 0.1) is 10.6 Å². The Labute approximate surface area is 220 Å². The molecule has 2 amide bonds. The van der Waals surface area contributed by atoms with Crippen molar-refractivity contribution in [2.45, 2.75) is 51.6 Å². The number of carbonyl (C=O) groups excluding carboxylic acids is 2. The molecule has 0 radical (unpaired) electrons. The summed E-state index contributed by atoms with van der Waals surface area (Å²) in [4.78, 5) is 28.1. The van der Waals surface area contributed by atoms with E-state index in [9.17, 15) is 18.0 Å². The van der Waals surface area contributed by atoms with E-state index in [4.69, 9.17) is 0 Å². The number of amides is 2. The molecule has 0 saturated carbocycles. The number of likely N-dealkylation sites (N-methyl/N-ethyl adjacent to an activating group) is 1. The van der Waals surface area contributed by atoms with Gasteiger partial charge in [-0.05, 0) is 56.5 Å². The van der Waals surface area contributed by atoms with Gasteiger partial charge in [-0.25, -0.2) is 8.42 Å². The van der Waals surface area contributed by atoms with Crippen molar-refractivity contribution >= 4 is 27.5 Å². The van der Waals surface area contributed by atoms with Gasteiger partial charge in [-0.3, -0.25) is 13.9 Å². The number of para-hydroxylation sites is 1. The number of aryl methyl sites for hydroxylation is 2. The van der Waals surface area contributed by atoms with Crippen molar-refractivity contribution in [3.05, 3.63) is 95.6 Å². The number of nitrogens with zero attached hydrogens (tertiary/aromatic N) is 2. The van der Waals surface area contributed by atoms with Gasteiger partial charge in [0.1, 0.15) is 12.6 Å². The zero-order valence-corrected chi connectivity index (χ0v) is 22.7. The lowest BCUT2D eigenvalue weighted by molar-refractivity contribution is -0.139. The molecular formula is C29H35N3O4S. The van der Waals surface area contributed by atoms with E-state index in [1.165, 1.54) is 9.21 Å². The smallest absolute Gasteiger partial charge is 0.264 e. The molecule has 196 valence electrons. The number of benzene rings is 3. The van der Waals surface area contributed by atoms with Gasteiger partial charge in [0.2, 0.25) is 11.8 Å². The molecule has 0 bridgehead atoms. The Kier molecular flexibility index (Phi) is 9.47. The molecule has 0 aliphatic carbocycles. The molecule has 8 heteroatoms. The Balaban J connectivity index is 2.06. The average Bonchev–Trinajstić information content (AvgIpc) is 2.90. The molecular weight excluding hydrogens is 486 g/mol. The Hall–Kier alpha value is -3.65. The number of hydrogen-bond acceptors (Lipinski definition) is 4. The van der Waals surface area contributed by atoms with E-state index in [1.807, 2.05) is 63.2 Å². The van der Waals surface area contributed by atoms with E-state index in [0.29, 0.717) is 18.7 Å². The number of rotatable bonds is 11. The lowest BCUT2D eigenvalue weighted by Gasteiger charge is -2.32. The van der Waals surface area contributed by atoms with E-state index in [1.54, 1.807) is 43.3 Å². The summed E-state index contributed by atoms with van der Waals surface area (Å²) in [6.45, 7) is 7.45. The molecule has 7 nitrogen and oxygen atoms in total. The van der Waals surface area contributed by atoms with Crippen LogP contribution in [0.15, 0.2) is 83.8 Å². The lowest BCUT2D eigenvalue weighted by atomic mass is 10.1. The van der Waals surface area contributed by atoms with E-state index in [2.05, 4.69) is 5.32 Å². The predicted molar refractivity (Wildman–Crippen MR) is 147 cm³/mol. The van der Waals surface area contributed by atoms with E-state index >= 15 is 0 Å². The molecule has 1 atom stereocenters. The van der Waals surface area contributed by atoms with E-state index < -0.39 is 28.5 Å². The molecule has 0 aromatic heterocycles.